The third-order valence-electron chi connectivity index (χ3n) is 4.77. The van der Waals surface area contributed by atoms with Gasteiger partial charge in [0.25, 0.3) is 0 Å². The fourth-order valence-corrected chi connectivity index (χ4v) is 3.31. The average Bonchev–Trinajstić information content (AvgIpc) is 3.10. The number of carboxylic acids is 1. The number of amides is 1. The highest BCUT2D eigenvalue weighted by Gasteiger charge is 2.34. The number of rotatable bonds is 7. The van der Waals surface area contributed by atoms with Crippen LogP contribution in [0, 0.1) is 0 Å². The van der Waals surface area contributed by atoms with Gasteiger partial charge in [-0.05, 0) is 29.7 Å². The maximum atomic E-state index is 13.4. The summed E-state index contributed by atoms with van der Waals surface area (Å²) < 4.78 is 40.1. The van der Waals surface area contributed by atoms with Gasteiger partial charge >= 0.3 is 12.1 Å². The summed E-state index contributed by atoms with van der Waals surface area (Å²) in [7, 11) is 0. The Kier molecular flexibility index (Phi) is 6.12. The Balaban J connectivity index is 1.80. The molecule has 0 fully saturated rings. The second-order valence-electron chi connectivity index (χ2n) is 6.94. The van der Waals surface area contributed by atoms with Crippen LogP contribution in [0.25, 0.3) is 10.9 Å². The minimum atomic E-state index is -4.60. The molecule has 1 amide bonds. The van der Waals surface area contributed by atoms with Crippen LogP contribution in [0.2, 0.25) is 0 Å². The summed E-state index contributed by atoms with van der Waals surface area (Å²) in [6.45, 7) is 0. The van der Waals surface area contributed by atoms with Crippen molar-refractivity contribution in [3.63, 3.8) is 0 Å². The zero-order valence-electron chi connectivity index (χ0n) is 15.7. The lowest BCUT2D eigenvalue weighted by Gasteiger charge is -2.18. The quantitative estimate of drug-likeness (QED) is 0.472. The zero-order chi connectivity index (χ0) is 21.9. The van der Waals surface area contributed by atoms with Crippen LogP contribution in [0.3, 0.4) is 0 Å². The monoisotopic (exact) mass is 419 g/mol. The Morgan fingerprint density at radius 3 is 2.40 bits per heavy atom. The van der Waals surface area contributed by atoms with Gasteiger partial charge in [-0.3, -0.25) is 4.79 Å². The van der Waals surface area contributed by atoms with Crippen molar-refractivity contribution in [3.05, 3.63) is 71.4 Å². The molecule has 0 radical (unpaired) electrons. The van der Waals surface area contributed by atoms with Crippen molar-refractivity contribution < 1.29 is 27.9 Å². The number of halogens is 3. The van der Waals surface area contributed by atoms with E-state index in [0.29, 0.717) is 0 Å². The summed E-state index contributed by atoms with van der Waals surface area (Å²) in [5, 5.41) is 11.7. The van der Waals surface area contributed by atoms with Crippen LogP contribution in [0.15, 0.2) is 54.7 Å². The Hall–Kier alpha value is -3.33. The molecule has 9 heteroatoms. The molecule has 0 bridgehead atoms. The number of aromatic amines is 1. The van der Waals surface area contributed by atoms with Crippen LogP contribution in [0.5, 0.6) is 0 Å². The number of fused-ring (bicyclic) bond motifs is 1. The van der Waals surface area contributed by atoms with Crippen molar-refractivity contribution in [1.29, 1.82) is 0 Å². The standard InChI is InChI=1S/C21H20F3N3O3/c22-21(23,24)14-7-4-8-16-18(14)13(11-26-16)10-17(20(29)30)27-19(28)15(25)9-12-5-2-1-3-6-12/h1-8,11,15,17,26H,9-10,25H2,(H,27,28)(H,29,30). The van der Waals surface area contributed by atoms with E-state index in [0.717, 1.165) is 11.6 Å². The SMILES string of the molecule is NC(Cc1ccccc1)C(=O)NC(Cc1c[nH]c2cccc(C(F)(F)F)c12)C(=O)O. The van der Waals surface area contributed by atoms with Gasteiger partial charge in [-0.2, -0.15) is 13.2 Å². The number of carbonyl (C=O) groups is 2. The number of nitrogens with two attached hydrogens (primary N) is 1. The number of H-pyrrole nitrogens is 1. The van der Waals surface area contributed by atoms with Crippen LogP contribution in [-0.4, -0.2) is 34.1 Å². The number of nitrogens with one attached hydrogen (secondary N) is 2. The molecule has 0 aliphatic carbocycles. The predicted octanol–water partition coefficient (Wildman–Crippen LogP) is 2.87. The van der Waals surface area contributed by atoms with E-state index in [1.54, 1.807) is 24.3 Å². The number of benzene rings is 2. The molecule has 0 aliphatic rings. The van der Waals surface area contributed by atoms with Gasteiger partial charge in [-0.25, -0.2) is 4.79 Å². The van der Waals surface area contributed by atoms with Crippen LogP contribution >= 0.6 is 0 Å². The van der Waals surface area contributed by atoms with Crippen molar-refractivity contribution in [1.82, 2.24) is 10.3 Å². The summed E-state index contributed by atoms with van der Waals surface area (Å²) >= 11 is 0. The Bertz CT molecular complexity index is 1050. The highest BCUT2D eigenvalue weighted by Crippen LogP contribution is 2.36. The summed E-state index contributed by atoms with van der Waals surface area (Å²) in [5.41, 5.74) is 6.19. The lowest BCUT2D eigenvalue weighted by molar-refractivity contribution is -0.141. The van der Waals surface area contributed by atoms with Gasteiger partial charge in [0.05, 0.1) is 11.6 Å². The number of aromatic nitrogens is 1. The van der Waals surface area contributed by atoms with E-state index in [2.05, 4.69) is 10.3 Å². The van der Waals surface area contributed by atoms with Gasteiger partial charge in [-0.15, -0.1) is 0 Å². The van der Waals surface area contributed by atoms with Gasteiger partial charge in [-0.1, -0.05) is 36.4 Å². The lowest BCUT2D eigenvalue weighted by Crippen LogP contribution is -2.50. The van der Waals surface area contributed by atoms with Gasteiger partial charge in [0.2, 0.25) is 5.91 Å². The second kappa shape index (κ2) is 8.58. The first-order valence-electron chi connectivity index (χ1n) is 9.15. The van der Waals surface area contributed by atoms with E-state index >= 15 is 0 Å². The van der Waals surface area contributed by atoms with Gasteiger partial charge in [0.15, 0.2) is 0 Å². The third kappa shape index (κ3) is 4.80. The normalized spacial score (nSPS) is 13.7. The van der Waals surface area contributed by atoms with Gasteiger partial charge < -0.3 is 21.1 Å². The summed E-state index contributed by atoms with van der Waals surface area (Å²) in [6.07, 6.45) is -3.40. The molecule has 30 heavy (non-hydrogen) atoms. The van der Waals surface area contributed by atoms with Crippen LogP contribution in [0.4, 0.5) is 13.2 Å². The average molecular weight is 419 g/mol. The molecule has 2 aromatic carbocycles. The van der Waals surface area contributed by atoms with Gasteiger partial charge in [0, 0.05) is 23.5 Å². The van der Waals surface area contributed by atoms with Gasteiger partial charge in [0.1, 0.15) is 6.04 Å². The topological polar surface area (TPSA) is 108 Å². The maximum absolute atomic E-state index is 13.4. The fourth-order valence-electron chi connectivity index (χ4n) is 3.31. The third-order valence-corrected chi connectivity index (χ3v) is 4.77. The van der Waals surface area contributed by atoms with Crippen molar-refractivity contribution in [2.75, 3.05) is 0 Å². The summed E-state index contributed by atoms with van der Waals surface area (Å²) in [4.78, 5) is 26.8. The van der Waals surface area contributed by atoms with E-state index in [1.165, 1.54) is 18.3 Å². The second-order valence-corrected chi connectivity index (χ2v) is 6.94. The van der Waals surface area contributed by atoms with Crippen molar-refractivity contribution >= 4 is 22.8 Å². The van der Waals surface area contributed by atoms with E-state index in [-0.39, 0.29) is 29.3 Å². The first-order valence-corrected chi connectivity index (χ1v) is 9.15. The van der Waals surface area contributed by atoms with Crippen LogP contribution in [0.1, 0.15) is 16.7 Å². The summed E-state index contributed by atoms with van der Waals surface area (Å²) in [5.74, 6) is -2.06. The molecule has 0 spiro atoms. The minimum Gasteiger partial charge on any atom is -0.480 e. The molecule has 158 valence electrons. The molecule has 3 rings (SSSR count). The molecular weight excluding hydrogens is 399 g/mol. The smallest absolute Gasteiger partial charge is 0.417 e. The fraction of sp³-hybridized carbons (Fsp3) is 0.238. The van der Waals surface area contributed by atoms with E-state index in [1.807, 2.05) is 6.07 Å². The molecule has 0 saturated carbocycles. The highest BCUT2D eigenvalue weighted by atomic mass is 19.4. The van der Waals surface area contributed by atoms with Crippen molar-refractivity contribution in [2.45, 2.75) is 31.1 Å². The molecular formula is C21H20F3N3O3. The summed E-state index contributed by atoms with van der Waals surface area (Å²) in [6, 6.07) is 10.2. The molecule has 2 atom stereocenters. The number of hydrogen-bond donors (Lipinski definition) is 4. The number of aliphatic carboxylic acids is 1. The maximum Gasteiger partial charge on any atom is 0.417 e. The van der Waals surface area contributed by atoms with Crippen LogP contribution < -0.4 is 11.1 Å². The number of carbonyl (C=O) groups excluding carboxylic acids is 1. The van der Waals surface area contributed by atoms with Crippen molar-refractivity contribution in [3.8, 4) is 0 Å². The zero-order valence-corrected chi connectivity index (χ0v) is 15.7. The molecule has 0 saturated heterocycles. The molecule has 0 aliphatic heterocycles. The first-order chi connectivity index (χ1) is 14.2. The number of alkyl halides is 3. The molecule has 6 nitrogen and oxygen atoms in total. The molecule has 3 aromatic rings. The molecule has 2 unspecified atom stereocenters. The highest BCUT2D eigenvalue weighted by molar-refractivity contribution is 5.90. The first kappa shape index (κ1) is 21.4. The predicted molar refractivity (Wildman–Crippen MR) is 105 cm³/mol. The minimum absolute atomic E-state index is 0.112. The largest absolute Gasteiger partial charge is 0.480 e. The Morgan fingerprint density at radius 2 is 1.77 bits per heavy atom. The Labute approximate surface area is 169 Å². The number of carboxylic acid groups (broad SMARTS) is 1. The van der Waals surface area contributed by atoms with Crippen molar-refractivity contribution in [2.24, 2.45) is 5.73 Å². The Morgan fingerprint density at radius 1 is 1.07 bits per heavy atom. The van der Waals surface area contributed by atoms with E-state index in [9.17, 15) is 27.9 Å². The molecule has 5 N–H and O–H groups in total. The molecule has 1 aromatic heterocycles. The lowest BCUT2D eigenvalue weighted by atomic mass is 10.00. The van der Waals surface area contributed by atoms with E-state index < -0.39 is 35.7 Å². The molecule has 1 heterocycles. The van der Waals surface area contributed by atoms with Crippen LogP contribution in [-0.2, 0) is 28.6 Å². The number of hydrogen-bond acceptors (Lipinski definition) is 3. The van der Waals surface area contributed by atoms with E-state index in [4.69, 9.17) is 5.73 Å².